The second-order valence-electron chi connectivity index (χ2n) is 5.17. The number of benzene rings is 2. The number of unbranched alkanes of at least 4 members (excludes halogenated alkanes) is 1. The third kappa shape index (κ3) is 5.99. The molecule has 0 heterocycles. The fourth-order valence-electron chi connectivity index (χ4n) is 2.01. The monoisotopic (exact) mass is 310 g/mol. The number of carbonyl (C=O) groups is 1. The highest BCUT2D eigenvalue weighted by Crippen LogP contribution is 2.20. The lowest BCUT2D eigenvalue weighted by atomic mass is 10.2. The summed E-state index contributed by atoms with van der Waals surface area (Å²) in [6.45, 7) is 3.02. The van der Waals surface area contributed by atoms with Crippen LogP contribution in [0.1, 0.15) is 30.9 Å². The Hall–Kier alpha value is -2.55. The van der Waals surface area contributed by atoms with Gasteiger partial charge in [0.2, 0.25) is 0 Å². The molecule has 3 nitrogen and oxygen atoms in total. The Morgan fingerprint density at radius 2 is 1.78 bits per heavy atom. The van der Waals surface area contributed by atoms with Crippen molar-refractivity contribution in [1.29, 1.82) is 0 Å². The highest BCUT2D eigenvalue weighted by Gasteiger charge is 2.02. The van der Waals surface area contributed by atoms with Gasteiger partial charge in [-0.3, -0.25) is 0 Å². The van der Waals surface area contributed by atoms with Crippen LogP contribution in [-0.2, 0) is 16.1 Å². The number of ether oxygens (including phenoxy) is 2. The van der Waals surface area contributed by atoms with Crippen molar-refractivity contribution in [3.63, 3.8) is 0 Å². The zero-order valence-corrected chi connectivity index (χ0v) is 13.4. The maximum Gasteiger partial charge on any atom is 0.330 e. The van der Waals surface area contributed by atoms with E-state index in [1.807, 2.05) is 54.6 Å². The average molecular weight is 310 g/mol. The summed E-state index contributed by atoms with van der Waals surface area (Å²) in [6.07, 6.45) is 5.07. The van der Waals surface area contributed by atoms with Gasteiger partial charge in [0.05, 0.1) is 6.61 Å². The van der Waals surface area contributed by atoms with Crippen LogP contribution in [0.5, 0.6) is 5.75 Å². The van der Waals surface area contributed by atoms with E-state index in [1.54, 1.807) is 6.08 Å². The van der Waals surface area contributed by atoms with Crippen molar-refractivity contribution >= 4 is 12.0 Å². The molecule has 23 heavy (non-hydrogen) atoms. The van der Waals surface area contributed by atoms with E-state index in [1.165, 1.54) is 6.08 Å². The lowest BCUT2D eigenvalue weighted by Crippen LogP contribution is -2.02. The van der Waals surface area contributed by atoms with E-state index in [2.05, 4.69) is 6.92 Å². The lowest BCUT2D eigenvalue weighted by Gasteiger charge is -2.09. The van der Waals surface area contributed by atoms with Crippen LogP contribution in [-0.4, -0.2) is 12.6 Å². The van der Waals surface area contributed by atoms with Crippen molar-refractivity contribution in [2.75, 3.05) is 6.61 Å². The molecule has 0 bridgehead atoms. The van der Waals surface area contributed by atoms with Gasteiger partial charge in [-0.2, -0.15) is 0 Å². The zero-order valence-electron chi connectivity index (χ0n) is 13.4. The molecule has 0 N–H and O–H groups in total. The standard InChI is InChI=1S/C20H22O3/c1-2-3-15-22-20(21)14-13-18-11-7-8-12-19(18)23-16-17-9-5-4-6-10-17/h4-14H,2-3,15-16H2,1H3/b14-13+. The molecule has 0 fully saturated rings. The first-order valence-corrected chi connectivity index (χ1v) is 7.90. The van der Waals surface area contributed by atoms with E-state index in [0.717, 1.165) is 29.7 Å². The molecule has 0 aliphatic heterocycles. The van der Waals surface area contributed by atoms with Crippen molar-refractivity contribution in [3.8, 4) is 5.75 Å². The Kier molecular flexibility index (Phi) is 6.92. The number of hydrogen-bond acceptors (Lipinski definition) is 3. The van der Waals surface area contributed by atoms with E-state index in [0.29, 0.717) is 13.2 Å². The van der Waals surface area contributed by atoms with E-state index in [-0.39, 0.29) is 5.97 Å². The van der Waals surface area contributed by atoms with E-state index >= 15 is 0 Å². The minimum Gasteiger partial charge on any atom is -0.488 e. The van der Waals surface area contributed by atoms with Gasteiger partial charge >= 0.3 is 5.97 Å². The minimum atomic E-state index is -0.323. The van der Waals surface area contributed by atoms with Gasteiger partial charge in [-0.15, -0.1) is 0 Å². The predicted molar refractivity (Wildman–Crippen MR) is 92.1 cm³/mol. The second kappa shape index (κ2) is 9.46. The summed E-state index contributed by atoms with van der Waals surface area (Å²) in [6, 6.07) is 17.6. The van der Waals surface area contributed by atoms with Crippen LogP contribution in [0, 0.1) is 0 Å². The van der Waals surface area contributed by atoms with Gasteiger partial charge < -0.3 is 9.47 Å². The second-order valence-corrected chi connectivity index (χ2v) is 5.17. The van der Waals surface area contributed by atoms with Gasteiger partial charge in [0.1, 0.15) is 12.4 Å². The first-order chi connectivity index (χ1) is 11.3. The van der Waals surface area contributed by atoms with Gasteiger partial charge in [0.25, 0.3) is 0 Å². The Morgan fingerprint density at radius 1 is 1.04 bits per heavy atom. The molecule has 0 aliphatic rings. The summed E-state index contributed by atoms with van der Waals surface area (Å²) in [5.74, 6) is 0.422. The smallest absolute Gasteiger partial charge is 0.330 e. The number of hydrogen-bond donors (Lipinski definition) is 0. The van der Waals surface area contributed by atoms with E-state index in [9.17, 15) is 4.79 Å². The third-order valence-corrected chi connectivity index (χ3v) is 3.30. The van der Waals surface area contributed by atoms with Gasteiger partial charge in [0, 0.05) is 11.6 Å². The quantitative estimate of drug-likeness (QED) is 0.405. The fraction of sp³-hybridized carbons (Fsp3) is 0.250. The molecule has 0 saturated heterocycles. The number of rotatable bonds is 8. The maximum absolute atomic E-state index is 11.6. The first-order valence-electron chi connectivity index (χ1n) is 7.90. The summed E-state index contributed by atoms with van der Waals surface area (Å²) in [7, 11) is 0. The molecular formula is C20H22O3. The highest BCUT2D eigenvalue weighted by molar-refractivity contribution is 5.87. The molecule has 0 radical (unpaired) electrons. The summed E-state index contributed by atoms with van der Waals surface area (Å²) in [5, 5.41) is 0. The molecule has 0 unspecified atom stereocenters. The van der Waals surface area contributed by atoms with E-state index in [4.69, 9.17) is 9.47 Å². The molecule has 0 aliphatic carbocycles. The Bertz CT molecular complexity index is 632. The Labute approximate surface area is 137 Å². The number of esters is 1. The van der Waals surface area contributed by atoms with Gasteiger partial charge in [-0.25, -0.2) is 4.79 Å². The molecule has 0 atom stereocenters. The largest absolute Gasteiger partial charge is 0.488 e. The van der Waals surface area contributed by atoms with Crippen molar-refractivity contribution in [1.82, 2.24) is 0 Å². The summed E-state index contributed by atoms with van der Waals surface area (Å²) in [4.78, 5) is 11.6. The molecule has 2 rings (SSSR count). The molecule has 0 amide bonds. The molecule has 2 aromatic carbocycles. The van der Waals surface area contributed by atoms with Crippen LogP contribution in [0.4, 0.5) is 0 Å². The topological polar surface area (TPSA) is 35.5 Å². The average Bonchev–Trinajstić information content (AvgIpc) is 2.60. The number of carbonyl (C=O) groups excluding carboxylic acids is 1. The molecule has 120 valence electrons. The van der Waals surface area contributed by atoms with Gasteiger partial charge in [0.15, 0.2) is 0 Å². The molecule has 0 saturated carbocycles. The number of para-hydroxylation sites is 1. The maximum atomic E-state index is 11.6. The van der Waals surface area contributed by atoms with Crippen LogP contribution < -0.4 is 4.74 Å². The van der Waals surface area contributed by atoms with Crippen LogP contribution in [0.3, 0.4) is 0 Å². The SMILES string of the molecule is CCCCOC(=O)/C=C/c1ccccc1OCc1ccccc1. The van der Waals surface area contributed by atoms with Gasteiger partial charge in [-0.05, 0) is 24.1 Å². The predicted octanol–water partition coefficient (Wildman–Crippen LogP) is 4.62. The Morgan fingerprint density at radius 3 is 2.57 bits per heavy atom. The fourth-order valence-corrected chi connectivity index (χ4v) is 2.01. The van der Waals surface area contributed by atoms with Crippen LogP contribution >= 0.6 is 0 Å². The summed E-state index contributed by atoms with van der Waals surface area (Å²) < 4.78 is 11.0. The normalized spacial score (nSPS) is 10.7. The van der Waals surface area contributed by atoms with Crippen molar-refractivity contribution in [3.05, 3.63) is 71.8 Å². The molecule has 2 aromatic rings. The van der Waals surface area contributed by atoms with Crippen molar-refractivity contribution < 1.29 is 14.3 Å². The summed E-state index contributed by atoms with van der Waals surface area (Å²) in [5.41, 5.74) is 1.96. The first kappa shape index (κ1) is 16.8. The van der Waals surface area contributed by atoms with Crippen LogP contribution in [0.15, 0.2) is 60.7 Å². The van der Waals surface area contributed by atoms with E-state index < -0.39 is 0 Å². The molecule has 0 spiro atoms. The highest BCUT2D eigenvalue weighted by atomic mass is 16.5. The van der Waals surface area contributed by atoms with Crippen LogP contribution in [0.25, 0.3) is 6.08 Å². The lowest BCUT2D eigenvalue weighted by molar-refractivity contribution is -0.137. The molecule has 0 aromatic heterocycles. The molecular weight excluding hydrogens is 288 g/mol. The molecule has 3 heteroatoms. The Balaban J connectivity index is 1.95. The summed E-state index contributed by atoms with van der Waals surface area (Å²) >= 11 is 0. The van der Waals surface area contributed by atoms with Crippen molar-refractivity contribution in [2.24, 2.45) is 0 Å². The zero-order chi connectivity index (χ0) is 16.3. The third-order valence-electron chi connectivity index (χ3n) is 3.30. The minimum absolute atomic E-state index is 0.323. The van der Waals surface area contributed by atoms with Gasteiger partial charge in [-0.1, -0.05) is 61.9 Å². The van der Waals surface area contributed by atoms with Crippen LogP contribution in [0.2, 0.25) is 0 Å². The van der Waals surface area contributed by atoms with Crippen molar-refractivity contribution in [2.45, 2.75) is 26.4 Å².